The molecule has 0 spiro atoms. The van der Waals surface area contributed by atoms with Crippen LogP contribution in [0.5, 0.6) is 5.75 Å². The van der Waals surface area contributed by atoms with E-state index in [-0.39, 0.29) is 23.8 Å². The number of rotatable bonds is 11. The average molecular weight is 631 g/mol. The maximum absolute atomic E-state index is 15.0. The van der Waals surface area contributed by atoms with Crippen molar-refractivity contribution in [2.45, 2.75) is 37.6 Å². The van der Waals surface area contributed by atoms with Crippen LogP contribution in [0.4, 0.5) is 21.7 Å². The van der Waals surface area contributed by atoms with Crippen molar-refractivity contribution in [1.29, 1.82) is 5.26 Å². The normalized spacial score (nSPS) is 20.5. The Kier molecular flexibility index (Phi) is 10.2. The Morgan fingerprint density at radius 3 is 2.61 bits per heavy atom. The van der Waals surface area contributed by atoms with E-state index in [0.29, 0.717) is 55.8 Å². The zero-order chi connectivity index (χ0) is 31.9. The molecule has 2 atom stereocenters. The number of carbonyl (C=O) groups excluding carboxylic acids is 1. The number of piperazine rings is 1. The summed E-state index contributed by atoms with van der Waals surface area (Å²) in [4.78, 5) is 32.0. The molecule has 0 unspecified atom stereocenters. The van der Waals surface area contributed by atoms with Gasteiger partial charge < -0.3 is 29.3 Å². The van der Waals surface area contributed by atoms with Crippen LogP contribution in [0, 0.1) is 11.3 Å². The third-order valence-electron chi connectivity index (χ3n) is 8.72. The molecule has 3 aromatic rings. The molecule has 0 aliphatic carbocycles. The molecule has 13 heteroatoms. The second kappa shape index (κ2) is 14.8. The topological polar surface area (TPSA) is 129 Å². The van der Waals surface area contributed by atoms with Crippen LogP contribution in [0.15, 0.2) is 48.8 Å². The molecule has 242 valence electrons. The standard InChI is InChI=1S/C33H39FN8O4/c1-44-16-2-3-31(43)42-11-10-30(28(34)19-42)46-29-9-4-23(17-24(29)18-35)32-36-22-37-33(39-32)38-25-5-7-26(8-6-25)40-12-14-41(15-13-40)27-20-45-21-27/h4-9,17,22,27-28,30H,2-3,10-16,19-21H2,1H3,(H,36,37,38,39)/t28-,30+/m1/s1. The number of piperidine rings is 1. The summed E-state index contributed by atoms with van der Waals surface area (Å²) < 4.78 is 31.3. The van der Waals surface area contributed by atoms with Gasteiger partial charge in [-0.05, 0) is 48.9 Å². The maximum atomic E-state index is 15.0. The van der Waals surface area contributed by atoms with Crippen LogP contribution in [0.1, 0.15) is 24.8 Å². The minimum Gasteiger partial charge on any atom is -0.486 e. The van der Waals surface area contributed by atoms with Crippen molar-refractivity contribution in [3.05, 3.63) is 54.4 Å². The molecule has 1 aromatic heterocycles. The fourth-order valence-corrected chi connectivity index (χ4v) is 5.95. The first kappa shape index (κ1) is 31.6. The van der Waals surface area contributed by atoms with Gasteiger partial charge in [-0.25, -0.2) is 14.4 Å². The maximum Gasteiger partial charge on any atom is 0.230 e. The Bertz CT molecular complexity index is 1520. The van der Waals surface area contributed by atoms with Crippen LogP contribution in [-0.4, -0.2) is 115 Å². The van der Waals surface area contributed by atoms with Gasteiger partial charge in [0.1, 0.15) is 24.3 Å². The van der Waals surface area contributed by atoms with Crippen LogP contribution in [-0.2, 0) is 14.3 Å². The van der Waals surface area contributed by atoms with E-state index in [2.05, 4.69) is 48.3 Å². The van der Waals surface area contributed by atoms with Gasteiger partial charge in [-0.15, -0.1) is 0 Å². The Morgan fingerprint density at radius 2 is 1.91 bits per heavy atom. The number of likely N-dealkylation sites (tertiary alicyclic amines) is 1. The zero-order valence-corrected chi connectivity index (χ0v) is 26.0. The smallest absolute Gasteiger partial charge is 0.230 e. The van der Waals surface area contributed by atoms with Crippen molar-refractivity contribution in [3.8, 4) is 23.2 Å². The second-order valence-corrected chi connectivity index (χ2v) is 11.7. The molecule has 1 N–H and O–H groups in total. The van der Waals surface area contributed by atoms with Crippen molar-refractivity contribution in [2.75, 3.05) is 76.4 Å². The van der Waals surface area contributed by atoms with Gasteiger partial charge in [0.05, 0.1) is 31.4 Å². The van der Waals surface area contributed by atoms with Gasteiger partial charge in [0.15, 0.2) is 12.0 Å². The number of aromatic nitrogens is 3. The first-order chi connectivity index (χ1) is 22.5. The number of alkyl halides is 1. The molecule has 4 heterocycles. The van der Waals surface area contributed by atoms with E-state index >= 15 is 4.39 Å². The summed E-state index contributed by atoms with van der Waals surface area (Å²) in [6, 6.07) is 15.9. The van der Waals surface area contributed by atoms with Crippen molar-refractivity contribution >= 4 is 23.2 Å². The summed E-state index contributed by atoms with van der Waals surface area (Å²) in [5, 5.41) is 13.1. The summed E-state index contributed by atoms with van der Waals surface area (Å²) in [6.45, 7) is 6.59. The average Bonchev–Trinajstić information content (AvgIpc) is 3.06. The predicted molar refractivity (Wildman–Crippen MR) is 170 cm³/mol. The number of anilines is 3. The first-order valence-corrected chi connectivity index (χ1v) is 15.8. The lowest BCUT2D eigenvalue weighted by Crippen LogP contribution is -2.56. The predicted octanol–water partition coefficient (Wildman–Crippen LogP) is 3.42. The fourth-order valence-electron chi connectivity index (χ4n) is 5.95. The van der Waals surface area contributed by atoms with Crippen LogP contribution in [0.2, 0.25) is 0 Å². The Labute approximate surface area is 268 Å². The van der Waals surface area contributed by atoms with E-state index in [4.69, 9.17) is 14.2 Å². The minimum atomic E-state index is -1.37. The molecule has 3 aliphatic rings. The first-order valence-electron chi connectivity index (χ1n) is 15.8. The Morgan fingerprint density at radius 1 is 1.11 bits per heavy atom. The molecular weight excluding hydrogens is 591 g/mol. The molecule has 3 fully saturated rings. The molecule has 3 aliphatic heterocycles. The molecule has 0 saturated carbocycles. The monoisotopic (exact) mass is 630 g/mol. The summed E-state index contributed by atoms with van der Waals surface area (Å²) >= 11 is 0. The lowest BCUT2D eigenvalue weighted by molar-refractivity contribution is -0.135. The molecule has 6 rings (SSSR count). The quantitative estimate of drug-likeness (QED) is 0.313. The van der Waals surface area contributed by atoms with E-state index in [0.717, 1.165) is 45.1 Å². The van der Waals surface area contributed by atoms with Gasteiger partial charge in [-0.3, -0.25) is 9.69 Å². The molecule has 12 nitrogen and oxygen atoms in total. The number of carbonyl (C=O) groups is 1. The van der Waals surface area contributed by atoms with Crippen LogP contribution in [0.25, 0.3) is 11.4 Å². The van der Waals surface area contributed by atoms with Crippen molar-refractivity contribution < 1.29 is 23.4 Å². The number of hydrogen-bond acceptors (Lipinski definition) is 11. The number of methoxy groups -OCH3 is 1. The van der Waals surface area contributed by atoms with Gasteiger partial charge >= 0.3 is 0 Å². The molecule has 1 amide bonds. The van der Waals surface area contributed by atoms with Gasteiger partial charge in [0.2, 0.25) is 11.9 Å². The summed E-state index contributed by atoms with van der Waals surface area (Å²) in [5.74, 6) is 0.949. The largest absolute Gasteiger partial charge is 0.486 e. The van der Waals surface area contributed by atoms with E-state index < -0.39 is 12.3 Å². The lowest BCUT2D eigenvalue weighted by atomic mass is 10.0. The SMILES string of the molecule is COCCCC(=O)N1CC[C@H](Oc2ccc(-c3ncnc(Nc4ccc(N5CCN(C6COC6)CC5)cc4)n3)cc2C#N)[C@H](F)C1. The van der Waals surface area contributed by atoms with Crippen molar-refractivity contribution in [2.24, 2.45) is 0 Å². The fraction of sp³-hybridized carbons (Fsp3) is 0.485. The molecule has 2 aromatic carbocycles. The highest BCUT2D eigenvalue weighted by Gasteiger charge is 2.33. The number of ether oxygens (including phenoxy) is 3. The number of hydrogen-bond donors (Lipinski definition) is 1. The number of amides is 1. The van der Waals surface area contributed by atoms with Gasteiger partial charge in [0.25, 0.3) is 0 Å². The number of nitrogens with one attached hydrogen (secondary N) is 1. The van der Waals surface area contributed by atoms with Crippen LogP contribution < -0.4 is 15.0 Å². The summed E-state index contributed by atoms with van der Waals surface area (Å²) in [6.07, 6.45) is 0.548. The van der Waals surface area contributed by atoms with Crippen molar-refractivity contribution in [1.82, 2.24) is 24.8 Å². The van der Waals surface area contributed by atoms with E-state index in [9.17, 15) is 10.1 Å². The Hall–Kier alpha value is -4.38. The lowest BCUT2D eigenvalue weighted by Gasteiger charge is -2.43. The molecule has 46 heavy (non-hydrogen) atoms. The van der Waals surface area contributed by atoms with Crippen LogP contribution in [0.3, 0.4) is 0 Å². The third kappa shape index (κ3) is 7.52. The van der Waals surface area contributed by atoms with Crippen LogP contribution >= 0.6 is 0 Å². The number of halogens is 1. The highest BCUT2D eigenvalue weighted by molar-refractivity contribution is 5.76. The zero-order valence-electron chi connectivity index (χ0n) is 26.0. The number of nitrogens with zero attached hydrogens (tertiary/aromatic N) is 7. The van der Waals surface area contributed by atoms with Gasteiger partial charge in [-0.1, -0.05) is 0 Å². The number of nitriles is 1. The van der Waals surface area contributed by atoms with Gasteiger partial charge in [0, 0.05) is 76.2 Å². The van der Waals surface area contributed by atoms with E-state index in [1.165, 1.54) is 16.9 Å². The number of benzene rings is 2. The molecule has 3 saturated heterocycles. The van der Waals surface area contributed by atoms with Gasteiger partial charge in [-0.2, -0.15) is 10.2 Å². The molecule has 0 radical (unpaired) electrons. The minimum absolute atomic E-state index is 0.0343. The summed E-state index contributed by atoms with van der Waals surface area (Å²) in [5.41, 5.74) is 2.87. The van der Waals surface area contributed by atoms with E-state index in [1.54, 1.807) is 25.3 Å². The highest BCUT2D eigenvalue weighted by atomic mass is 19.1. The summed E-state index contributed by atoms with van der Waals surface area (Å²) in [7, 11) is 1.58. The second-order valence-electron chi connectivity index (χ2n) is 11.7. The highest BCUT2D eigenvalue weighted by Crippen LogP contribution is 2.29. The van der Waals surface area contributed by atoms with Crippen molar-refractivity contribution in [3.63, 3.8) is 0 Å². The van der Waals surface area contributed by atoms with E-state index in [1.807, 2.05) is 12.1 Å². The third-order valence-corrected chi connectivity index (χ3v) is 8.72. The molecular formula is C33H39FN8O4. The Balaban J connectivity index is 1.05. The molecule has 0 bridgehead atoms.